The molecule has 0 saturated carbocycles. The molecule has 0 fully saturated rings. The fraction of sp³-hybridized carbons (Fsp3) is 0.333. The van der Waals surface area contributed by atoms with Gasteiger partial charge >= 0.3 is 12.1 Å². The SMILES string of the molecule is Cc1nc(C(F)(F)F)cc(C(F)F)c1C(=O)O. The summed E-state index contributed by atoms with van der Waals surface area (Å²) in [5.74, 6) is -1.74. The van der Waals surface area contributed by atoms with Crippen molar-refractivity contribution in [1.82, 2.24) is 4.98 Å². The van der Waals surface area contributed by atoms with Gasteiger partial charge in [0.2, 0.25) is 0 Å². The molecule has 0 unspecified atom stereocenters. The van der Waals surface area contributed by atoms with Crippen molar-refractivity contribution in [3.8, 4) is 0 Å². The van der Waals surface area contributed by atoms with Crippen molar-refractivity contribution < 1.29 is 31.9 Å². The molecule has 1 heterocycles. The van der Waals surface area contributed by atoms with Crippen molar-refractivity contribution in [2.45, 2.75) is 19.5 Å². The average Bonchev–Trinajstić information content (AvgIpc) is 2.13. The zero-order valence-electron chi connectivity index (χ0n) is 8.35. The van der Waals surface area contributed by atoms with E-state index in [2.05, 4.69) is 4.98 Å². The zero-order chi connectivity index (χ0) is 13.4. The molecule has 0 aromatic carbocycles. The van der Waals surface area contributed by atoms with Crippen LogP contribution in [-0.4, -0.2) is 16.1 Å². The number of carbonyl (C=O) groups is 1. The highest BCUT2D eigenvalue weighted by Gasteiger charge is 2.35. The number of carboxylic acid groups (broad SMARTS) is 1. The van der Waals surface area contributed by atoms with E-state index < -0.39 is 41.1 Å². The minimum absolute atomic E-state index is 0.0567. The lowest BCUT2D eigenvalue weighted by atomic mass is 10.1. The molecule has 0 saturated heterocycles. The smallest absolute Gasteiger partial charge is 0.433 e. The monoisotopic (exact) mass is 255 g/mol. The third kappa shape index (κ3) is 2.69. The molecule has 1 rings (SSSR count). The number of alkyl halides is 5. The Morgan fingerprint density at radius 3 is 2.29 bits per heavy atom. The van der Waals surface area contributed by atoms with E-state index in [0.29, 0.717) is 0 Å². The lowest BCUT2D eigenvalue weighted by molar-refractivity contribution is -0.141. The van der Waals surface area contributed by atoms with Crippen LogP contribution in [0.25, 0.3) is 0 Å². The van der Waals surface area contributed by atoms with E-state index in [1.54, 1.807) is 0 Å². The second-order valence-electron chi connectivity index (χ2n) is 3.16. The molecule has 8 heteroatoms. The van der Waals surface area contributed by atoms with Gasteiger partial charge in [0, 0.05) is 5.56 Å². The van der Waals surface area contributed by atoms with E-state index in [1.807, 2.05) is 0 Å². The number of aromatic carboxylic acids is 1. The Kier molecular flexibility index (Phi) is 3.35. The summed E-state index contributed by atoms with van der Waals surface area (Å²) in [6, 6.07) is 0.0567. The van der Waals surface area contributed by atoms with Gasteiger partial charge in [0.25, 0.3) is 6.43 Å². The Hall–Kier alpha value is -1.73. The van der Waals surface area contributed by atoms with Crippen LogP contribution in [-0.2, 0) is 6.18 Å². The first-order chi connectivity index (χ1) is 7.64. The molecule has 0 aliphatic heterocycles. The van der Waals surface area contributed by atoms with Crippen LogP contribution < -0.4 is 0 Å². The Morgan fingerprint density at radius 2 is 1.94 bits per heavy atom. The topological polar surface area (TPSA) is 50.2 Å². The maximum absolute atomic E-state index is 12.5. The highest BCUT2D eigenvalue weighted by atomic mass is 19.4. The van der Waals surface area contributed by atoms with Gasteiger partial charge in [-0.05, 0) is 13.0 Å². The van der Waals surface area contributed by atoms with Crippen LogP contribution in [0.3, 0.4) is 0 Å². The van der Waals surface area contributed by atoms with E-state index in [1.165, 1.54) is 0 Å². The van der Waals surface area contributed by atoms with Crippen LogP contribution in [0.15, 0.2) is 6.07 Å². The van der Waals surface area contributed by atoms with Crippen LogP contribution in [0, 0.1) is 6.92 Å². The van der Waals surface area contributed by atoms with Crippen LogP contribution >= 0.6 is 0 Å². The highest BCUT2D eigenvalue weighted by Crippen LogP contribution is 2.33. The van der Waals surface area contributed by atoms with Gasteiger partial charge in [-0.25, -0.2) is 18.6 Å². The van der Waals surface area contributed by atoms with Crippen LogP contribution in [0.4, 0.5) is 22.0 Å². The van der Waals surface area contributed by atoms with Crippen LogP contribution in [0.1, 0.15) is 33.7 Å². The number of pyridine rings is 1. The van der Waals surface area contributed by atoms with E-state index >= 15 is 0 Å². The Bertz CT molecular complexity index is 455. The second kappa shape index (κ2) is 4.27. The molecule has 0 amide bonds. The first-order valence-corrected chi connectivity index (χ1v) is 4.24. The van der Waals surface area contributed by atoms with Gasteiger partial charge in [-0.1, -0.05) is 0 Å². The van der Waals surface area contributed by atoms with Gasteiger partial charge in [-0.15, -0.1) is 0 Å². The Morgan fingerprint density at radius 1 is 1.41 bits per heavy atom. The van der Waals surface area contributed by atoms with Gasteiger partial charge in [0.1, 0.15) is 5.69 Å². The quantitative estimate of drug-likeness (QED) is 0.826. The van der Waals surface area contributed by atoms with E-state index in [9.17, 15) is 26.7 Å². The summed E-state index contributed by atoms with van der Waals surface area (Å²) in [5.41, 5.74) is -4.21. The number of hydrogen-bond acceptors (Lipinski definition) is 2. The molecule has 0 radical (unpaired) electrons. The molecule has 0 aliphatic rings. The minimum Gasteiger partial charge on any atom is -0.478 e. The number of carboxylic acids is 1. The lowest BCUT2D eigenvalue weighted by Gasteiger charge is -2.12. The Labute approximate surface area is 91.9 Å². The molecule has 0 spiro atoms. The summed E-state index contributed by atoms with van der Waals surface area (Å²) in [6.07, 6.45) is -8.21. The molecular formula is C9H6F5NO2. The van der Waals surface area contributed by atoms with Gasteiger partial charge in [-0.3, -0.25) is 0 Å². The van der Waals surface area contributed by atoms with E-state index in [0.717, 1.165) is 6.92 Å². The fourth-order valence-electron chi connectivity index (χ4n) is 1.29. The molecule has 94 valence electrons. The molecule has 0 bridgehead atoms. The molecule has 0 aliphatic carbocycles. The summed E-state index contributed by atoms with van der Waals surface area (Å²) < 4.78 is 61.8. The van der Waals surface area contributed by atoms with Gasteiger partial charge in [0.05, 0.1) is 11.3 Å². The van der Waals surface area contributed by atoms with Gasteiger partial charge < -0.3 is 5.11 Å². The number of aryl methyl sites for hydroxylation is 1. The largest absolute Gasteiger partial charge is 0.478 e. The zero-order valence-corrected chi connectivity index (χ0v) is 8.35. The third-order valence-corrected chi connectivity index (χ3v) is 1.97. The predicted molar refractivity (Wildman–Crippen MR) is 45.9 cm³/mol. The summed E-state index contributed by atoms with van der Waals surface area (Å²) >= 11 is 0. The first-order valence-electron chi connectivity index (χ1n) is 4.24. The molecule has 0 atom stereocenters. The number of halogens is 5. The first kappa shape index (κ1) is 13.3. The summed E-state index contributed by atoms with van der Waals surface area (Å²) in [6.45, 7) is 0.935. The summed E-state index contributed by atoms with van der Waals surface area (Å²) in [4.78, 5) is 13.6. The number of aromatic nitrogens is 1. The maximum atomic E-state index is 12.5. The van der Waals surface area contributed by atoms with Crippen molar-refractivity contribution in [3.05, 3.63) is 28.6 Å². The average molecular weight is 255 g/mol. The molecule has 17 heavy (non-hydrogen) atoms. The molecule has 1 aromatic rings. The van der Waals surface area contributed by atoms with Crippen molar-refractivity contribution in [1.29, 1.82) is 0 Å². The maximum Gasteiger partial charge on any atom is 0.433 e. The van der Waals surface area contributed by atoms with Gasteiger partial charge in [-0.2, -0.15) is 13.2 Å². The fourth-order valence-corrected chi connectivity index (χ4v) is 1.29. The van der Waals surface area contributed by atoms with Crippen LogP contribution in [0.5, 0.6) is 0 Å². The van der Waals surface area contributed by atoms with Gasteiger partial charge in [0.15, 0.2) is 0 Å². The molecule has 1 aromatic heterocycles. The third-order valence-electron chi connectivity index (χ3n) is 1.97. The number of nitrogens with zero attached hydrogens (tertiary/aromatic N) is 1. The highest BCUT2D eigenvalue weighted by molar-refractivity contribution is 5.90. The number of rotatable bonds is 2. The predicted octanol–water partition coefficient (Wildman–Crippen LogP) is 3.04. The molecule has 3 nitrogen and oxygen atoms in total. The second-order valence-corrected chi connectivity index (χ2v) is 3.16. The van der Waals surface area contributed by atoms with Crippen molar-refractivity contribution in [3.63, 3.8) is 0 Å². The normalized spacial score (nSPS) is 11.9. The molecular weight excluding hydrogens is 249 g/mol. The summed E-state index contributed by atoms with van der Waals surface area (Å²) in [5, 5.41) is 8.63. The number of hydrogen-bond donors (Lipinski definition) is 1. The van der Waals surface area contributed by atoms with Crippen molar-refractivity contribution in [2.75, 3.05) is 0 Å². The standard InChI is InChI=1S/C9H6F5NO2/c1-3-6(8(16)17)4(7(10)11)2-5(15-3)9(12,13)14/h2,7H,1H3,(H,16,17). The molecule has 1 N–H and O–H groups in total. The van der Waals surface area contributed by atoms with Crippen molar-refractivity contribution in [2.24, 2.45) is 0 Å². The van der Waals surface area contributed by atoms with E-state index in [-0.39, 0.29) is 6.07 Å². The van der Waals surface area contributed by atoms with Crippen molar-refractivity contribution >= 4 is 5.97 Å². The summed E-state index contributed by atoms with van der Waals surface area (Å²) in [7, 11) is 0. The Balaban J connectivity index is 3.52. The van der Waals surface area contributed by atoms with E-state index in [4.69, 9.17) is 5.11 Å². The minimum atomic E-state index is -4.90. The van der Waals surface area contributed by atoms with Crippen LogP contribution in [0.2, 0.25) is 0 Å². The lowest BCUT2D eigenvalue weighted by Crippen LogP contribution is -2.15.